The zero-order valence-corrected chi connectivity index (χ0v) is 10.5. The van der Waals surface area contributed by atoms with Gasteiger partial charge in [-0.3, -0.25) is 4.79 Å². The first-order chi connectivity index (χ1) is 8.63. The molecular weight excluding hydrogens is 236 g/mol. The third kappa shape index (κ3) is 2.38. The van der Waals surface area contributed by atoms with Crippen molar-refractivity contribution in [3.05, 3.63) is 33.7 Å². The number of morpholine rings is 1. The second-order valence-corrected chi connectivity index (χ2v) is 4.12. The fraction of sp³-hybridized carbons (Fsp3) is 0.500. The lowest BCUT2D eigenvalue weighted by atomic mass is 10.2. The minimum absolute atomic E-state index is 0.121. The number of rotatable bonds is 2. The van der Waals surface area contributed by atoms with E-state index in [-0.39, 0.29) is 5.56 Å². The average molecular weight is 252 g/mol. The predicted molar refractivity (Wildman–Crippen MR) is 65.5 cm³/mol. The first kappa shape index (κ1) is 12.6. The van der Waals surface area contributed by atoms with Gasteiger partial charge in [0.15, 0.2) is 0 Å². The minimum atomic E-state index is -0.444. The predicted octanol–water partition coefficient (Wildman–Crippen LogP) is -0.0885. The molecule has 0 N–H and O–H groups in total. The second-order valence-electron chi connectivity index (χ2n) is 4.12. The summed E-state index contributed by atoms with van der Waals surface area (Å²) >= 11 is 0. The highest BCUT2D eigenvalue weighted by Crippen LogP contribution is 2.04. The molecule has 0 unspecified atom stereocenters. The van der Waals surface area contributed by atoms with Crippen molar-refractivity contribution in [3.63, 3.8) is 0 Å². The van der Waals surface area contributed by atoms with E-state index in [1.54, 1.807) is 13.0 Å². The Hall–Kier alpha value is -1.82. The van der Waals surface area contributed by atoms with Crippen molar-refractivity contribution in [1.29, 1.82) is 0 Å². The lowest BCUT2D eigenvalue weighted by Crippen LogP contribution is -2.49. The fourth-order valence-corrected chi connectivity index (χ4v) is 1.91. The van der Waals surface area contributed by atoms with Crippen molar-refractivity contribution in [2.45, 2.75) is 6.92 Å². The number of esters is 1. The SMILES string of the molecule is COC(=O)c1cc(C)c(=O)n(N2CCOCC2)c1. The monoisotopic (exact) mass is 252 g/mol. The summed E-state index contributed by atoms with van der Waals surface area (Å²) in [5, 5.41) is 1.87. The molecule has 1 aliphatic rings. The molecule has 0 amide bonds. The molecule has 98 valence electrons. The van der Waals surface area contributed by atoms with Crippen LogP contribution in [0.5, 0.6) is 0 Å². The van der Waals surface area contributed by atoms with Crippen molar-refractivity contribution in [2.24, 2.45) is 0 Å². The Balaban J connectivity index is 2.41. The molecule has 2 heterocycles. The van der Waals surface area contributed by atoms with Crippen molar-refractivity contribution in [2.75, 3.05) is 38.4 Å². The lowest BCUT2D eigenvalue weighted by molar-refractivity contribution is 0.0599. The molecule has 0 spiro atoms. The summed E-state index contributed by atoms with van der Waals surface area (Å²) < 4.78 is 11.4. The highest BCUT2D eigenvalue weighted by atomic mass is 16.5. The smallest absolute Gasteiger partial charge is 0.339 e. The van der Waals surface area contributed by atoms with Gasteiger partial charge in [-0.2, -0.15) is 0 Å². The van der Waals surface area contributed by atoms with E-state index >= 15 is 0 Å². The van der Waals surface area contributed by atoms with Crippen LogP contribution in [0.3, 0.4) is 0 Å². The van der Waals surface area contributed by atoms with Gasteiger partial charge in [0.1, 0.15) is 0 Å². The van der Waals surface area contributed by atoms with Gasteiger partial charge in [-0.05, 0) is 13.0 Å². The highest BCUT2D eigenvalue weighted by molar-refractivity contribution is 5.89. The van der Waals surface area contributed by atoms with Crippen LogP contribution in [-0.4, -0.2) is 44.1 Å². The van der Waals surface area contributed by atoms with Crippen LogP contribution in [-0.2, 0) is 9.47 Å². The van der Waals surface area contributed by atoms with Crippen molar-refractivity contribution in [1.82, 2.24) is 4.68 Å². The molecule has 6 heteroatoms. The number of carbonyl (C=O) groups is 1. The number of aromatic nitrogens is 1. The standard InChI is InChI=1S/C12H16N2O4/c1-9-7-10(12(16)17-2)8-14(11(9)15)13-3-5-18-6-4-13/h7-8H,3-6H2,1-2H3. The summed E-state index contributed by atoms with van der Waals surface area (Å²) in [5.41, 5.74) is 0.773. The molecule has 1 fully saturated rings. The number of hydrogen-bond acceptors (Lipinski definition) is 5. The summed E-state index contributed by atoms with van der Waals surface area (Å²) in [6.45, 7) is 4.10. The van der Waals surface area contributed by atoms with E-state index in [4.69, 9.17) is 4.74 Å². The van der Waals surface area contributed by atoms with Gasteiger partial charge in [0.05, 0.1) is 39.0 Å². The Morgan fingerprint density at radius 3 is 2.67 bits per heavy atom. The van der Waals surface area contributed by atoms with Gasteiger partial charge in [0.2, 0.25) is 0 Å². The Kier molecular flexibility index (Phi) is 3.66. The van der Waals surface area contributed by atoms with E-state index in [1.165, 1.54) is 18.0 Å². The molecule has 1 aromatic rings. The summed E-state index contributed by atoms with van der Waals surface area (Å²) in [7, 11) is 1.32. The number of hydrogen-bond donors (Lipinski definition) is 0. The Morgan fingerprint density at radius 1 is 1.39 bits per heavy atom. The van der Waals surface area contributed by atoms with Crippen LogP contribution in [0.15, 0.2) is 17.1 Å². The van der Waals surface area contributed by atoms with E-state index < -0.39 is 5.97 Å². The van der Waals surface area contributed by atoms with Crippen molar-refractivity contribution >= 4 is 5.97 Å². The van der Waals surface area contributed by atoms with Gasteiger partial charge in [0, 0.05) is 11.8 Å². The van der Waals surface area contributed by atoms with Crippen LogP contribution in [0.1, 0.15) is 15.9 Å². The Labute approximate surface area is 105 Å². The van der Waals surface area contributed by atoms with E-state index in [0.29, 0.717) is 37.4 Å². The van der Waals surface area contributed by atoms with Crippen LogP contribution in [0.2, 0.25) is 0 Å². The largest absolute Gasteiger partial charge is 0.465 e. The van der Waals surface area contributed by atoms with Crippen molar-refractivity contribution < 1.29 is 14.3 Å². The maximum absolute atomic E-state index is 12.1. The zero-order chi connectivity index (χ0) is 13.1. The number of ether oxygens (including phenoxy) is 2. The molecule has 1 aliphatic heterocycles. The van der Waals surface area contributed by atoms with Gasteiger partial charge in [-0.1, -0.05) is 0 Å². The molecule has 18 heavy (non-hydrogen) atoms. The number of methoxy groups -OCH3 is 1. The third-order valence-corrected chi connectivity index (χ3v) is 2.89. The van der Waals surface area contributed by atoms with Gasteiger partial charge < -0.3 is 14.5 Å². The first-order valence-electron chi connectivity index (χ1n) is 5.78. The maximum atomic E-state index is 12.1. The number of carbonyl (C=O) groups excluding carboxylic acids is 1. The molecule has 0 atom stereocenters. The molecular formula is C12H16N2O4. The normalized spacial score (nSPS) is 15.6. The molecule has 0 radical (unpaired) electrons. The topological polar surface area (TPSA) is 60.8 Å². The van der Waals surface area contributed by atoms with E-state index in [1.807, 2.05) is 5.01 Å². The summed E-state index contributed by atoms with van der Waals surface area (Å²) in [6, 6.07) is 1.55. The van der Waals surface area contributed by atoms with Gasteiger partial charge >= 0.3 is 5.97 Å². The van der Waals surface area contributed by atoms with Crippen LogP contribution in [0.4, 0.5) is 0 Å². The van der Waals surface area contributed by atoms with E-state index in [2.05, 4.69) is 4.74 Å². The molecule has 0 aromatic carbocycles. The summed E-state index contributed by atoms with van der Waals surface area (Å²) in [5.74, 6) is -0.444. The molecule has 0 saturated carbocycles. The van der Waals surface area contributed by atoms with Gasteiger partial charge in [-0.25, -0.2) is 9.47 Å². The lowest BCUT2D eigenvalue weighted by Gasteiger charge is -2.30. The summed E-state index contributed by atoms with van der Waals surface area (Å²) in [6.07, 6.45) is 1.52. The third-order valence-electron chi connectivity index (χ3n) is 2.89. The quantitative estimate of drug-likeness (QED) is 0.688. The van der Waals surface area contributed by atoms with Crippen molar-refractivity contribution in [3.8, 4) is 0 Å². The molecule has 2 rings (SSSR count). The highest BCUT2D eigenvalue weighted by Gasteiger charge is 2.16. The van der Waals surface area contributed by atoms with E-state index in [9.17, 15) is 9.59 Å². The molecule has 0 aliphatic carbocycles. The molecule has 1 saturated heterocycles. The van der Waals surface area contributed by atoms with E-state index in [0.717, 1.165) is 0 Å². The van der Waals surface area contributed by atoms with Gasteiger partial charge in [0.25, 0.3) is 5.56 Å². The summed E-state index contributed by atoms with van der Waals surface area (Å²) in [4.78, 5) is 23.6. The molecule has 0 bridgehead atoms. The minimum Gasteiger partial charge on any atom is -0.465 e. The number of nitrogens with zero attached hydrogens (tertiary/aromatic N) is 2. The zero-order valence-electron chi connectivity index (χ0n) is 10.5. The van der Waals surface area contributed by atoms with Crippen LogP contribution >= 0.6 is 0 Å². The molecule has 1 aromatic heterocycles. The maximum Gasteiger partial charge on any atom is 0.339 e. The number of aryl methyl sites for hydroxylation is 1. The number of pyridine rings is 1. The fourth-order valence-electron chi connectivity index (χ4n) is 1.91. The Morgan fingerprint density at radius 2 is 2.06 bits per heavy atom. The second kappa shape index (κ2) is 5.22. The van der Waals surface area contributed by atoms with Crippen LogP contribution in [0, 0.1) is 6.92 Å². The average Bonchev–Trinajstić information content (AvgIpc) is 2.41. The van der Waals surface area contributed by atoms with Crippen LogP contribution < -0.4 is 10.6 Å². The molecule has 6 nitrogen and oxygen atoms in total. The first-order valence-corrected chi connectivity index (χ1v) is 5.78. The van der Waals surface area contributed by atoms with Gasteiger partial charge in [-0.15, -0.1) is 0 Å². The van der Waals surface area contributed by atoms with Crippen LogP contribution in [0.25, 0.3) is 0 Å². The Bertz CT molecular complexity index is 503.